The number of rotatable bonds is 5. The van der Waals surface area contributed by atoms with Gasteiger partial charge in [-0.2, -0.15) is 13.2 Å². The molecule has 2 aromatic rings. The Morgan fingerprint density at radius 2 is 1.86 bits per heavy atom. The van der Waals surface area contributed by atoms with E-state index in [0.29, 0.717) is 17.9 Å². The van der Waals surface area contributed by atoms with Crippen molar-refractivity contribution in [3.63, 3.8) is 0 Å². The van der Waals surface area contributed by atoms with Gasteiger partial charge in [0.25, 0.3) is 0 Å². The summed E-state index contributed by atoms with van der Waals surface area (Å²) in [7, 11) is 0. The summed E-state index contributed by atoms with van der Waals surface area (Å²) in [6.07, 6.45) is -1.88. The summed E-state index contributed by atoms with van der Waals surface area (Å²) in [5.41, 5.74) is 6.81. The molecule has 1 heterocycles. The number of nitrogens with one attached hydrogen (secondary N) is 1. The molecule has 1 aromatic carbocycles. The predicted octanol–water partition coefficient (Wildman–Crippen LogP) is 3.23. The SMILES string of the molecule is Cc1nc(-c2ccc(C(F)(F)F)cc2)ncc1NCCCN. The zero-order valence-corrected chi connectivity index (χ0v) is 12.1. The Morgan fingerprint density at radius 3 is 2.41 bits per heavy atom. The number of nitrogens with two attached hydrogens (primary N) is 1. The number of aromatic nitrogens is 2. The molecular weight excluding hydrogens is 293 g/mol. The topological polar surface area (TPSA) is 63.8 Å². The van der Waals surface area contributed by atoms with Crippen molar-refractivity contribution < 1.29 is 13.2 Å². The standard InChI is InChI=1S/C15H17F3N4/c1-10-13(20-8-2-7-19)9-21-14(22-10)11-3-5-12(6-4-11)15(16,17)18/h3-6,9,20H,2,7-8,19H2,1H3. The fourth-order valence-corrected chi connectivity index (χ4v) is 1.91. The van der Waals surface area contributed by atoms with Gasteiger partial charge in [0, 0.05) is 12.1 Å². The van der Waals surface area contributed by atoms with Gasteiger partial charge in [-0.15, -0.1) is 0 Å². The van der Waals surface area contributed by atoms with Crippen LogP contribution in [0, 0.1) is 6.92 Å². The van der Waals surface area contributed by atoms with Crippen LogP contribution in [0.15, 0.2) is 30.5 Å². The minimum absolute atomic E-state index is 0.399. The molecule has 0 aliphatic heterocycles. The first kappa shape index (κ1) is 16.2. The quantitative estimate of drug-likeness (QED) is 0.832. The predicted molar refractivity (Wildman–Crippen MR) is 79.4 cm³/mol. The summed E-state index contributed by atoms with van der Waals surface area (Å²) < 4.78 is 37.6. The summed E-state index contributed by atoms with van der Waals surface area (Å²) >= 11 is 0. The lowest BCUT2D eigenvalue weighted by Gasteiger charge is -2.10. The van der Waals surface area contributed by atoms with E-state index in [-0.39, 0.29) is 0 Å². The number of halogens is 3. The number of hydrogen-bond acceptors (Lipinski definition) is 4. The van der Waals surface area contributed by atoms with Crippen molar-refractivity contribution in [3.05, 3.63) is 41.7 Å². The summed E-state index contributed by atoms with van der Waals surface area (Å²) in [5.74, 6) is 0.399. The number of aryl methyl sites for hydroxylation is 1. The number of nitrogens with zero attached hydrogens (tertiary/aromatic N) is 2. The summed E-state index contributed by atoms with van der Waals surface area (Å²) in [4.78, 5) is 8.52. The zero-order valence-electron chi connectivity index (χ0n) is 12.1. The molecule has 0 aliphatic rings. The summed E-state index contributed by atoms with van der Waals surface area (Å²) in [6, 6.07) is 4.81. The molecule has 0 spiro atoms. The van der Waals surface area contributed by atoms with Gasteiger partial charge in [0.15, 0.2) is 5.82 Å². The first-order valence-corrected chi connectivity index (χ1v) is 6.87. The maximum Gasteiger partial charge on any atom is 0.416 e. The van der Waals surface area contributed by atoms with Crippen LogP contribution >= 0.6 is 0 Å². The van der Waals surface area contributed by atoms with E-state index in [0.717, 1.165) is 36.5 Å². The third-order valence-electron chi connectivity index (χ3n) is 3.15. The van der Waals surface area contributed by atoms with E-state index in [9.17, 15) is 13.2 Å². The van der Waals surface area contributed by atoms with E-state index in [2.05, 4.69) is 15.3 Å². The zero-order chi connectivity index (χ0) is 16.2. The van der Waals surface area contributed by atoms with Crippen LogP contribution in [0.4, 0.5) is 18.9 Å². The van der Waals surface area contributed by atoms with Gasteiger partial charge >= 0.3 is 6.18 Å². The van der Waals surface area contributed by atoms with E-state index in [1.807, 2.05) is 6.92 Å². The second-order valence-electron chi connectivity index (χ2n) is 4.84. The average Bonchev–Trinajstić information content (AvgIpc) is 2.48. The maximum atomic E-state index is 12.5. The highest BCUT2D eigenvalue weighted by atomic mass is 19.4. The number of hydrogen-bond donors (Lipinski definition) is 2. The first-order valence-electron chi connectivity index (χ1n) is 6.87. The van der Waals surface area contributed by atoms with Crippen LogP contribution in [0.2, 0.25) is 0 Å². The van der Waals surface area contributed by atoms with Crippen LogP contribution in [0.1, 0.15) is 17.7 Å². The van der Waals surface area contributed by atoms with Gasteiger partial charge in [0.2, 0.25) is 0 Å². The molecule has 0 amide bonds. The minimum atomic E-state index is -4.34. The molecule has 0 saturated heterocycles. The molecule has 4 nitrogen and oxygen atoms in total. The van der Waals surface area contributed by atoms with Crippen molar-refractivity contribution in [2.75, 3.05) is 18.4 Å². The Morgan fingerprint density at radius 1 is 1.18 bits per heavy atom. The fraction of sp³-hybridized carbons (Fsp3) is 0.333. The molecule has 0 saturated carbocycles. The van der Waals surface area contributed by atoms with Crippen molar-refractivity contribution in [3.8, 4) is 11.4 Å². The van der Waals surface area contributed by atoms with Crippen molar-refractivity contribution >= 4 is 5.69 Å². The molecule has 7 heteroatoms. The molecule has 118 valence electrons. The lowest BCUT2D eigenvalue weighted by atomic mass is 10.1. The Balaban J connectivity index is 2.17. The normalized spacial score (nSPS) is 11.5. The maximum absolute atomic E-state index is 12.5. The Labute approximate surface area is 126 Å². The van der Waals surface area contributed by atoms with Gasteiger partial charge < -0.3 is 11.1 Å². The number of anilines is 1. The lowest BCUT2D eigenvalue weighted by Crippen LogP contribution is -2.10. The van der Waals surface area contributed by atoms with E-state index in [1.54, 1.807) is 6.20 Å². The van der Waals surface area contributed by atoms with E-state index in [1.165, 1.54) is 12.1 Å². The van der Waals surface area contributed by atoms with Crippen LogP contribution in [-0.2, 0) is 6.18 Å². The van der Waals surface area contributed by atoms with Gasteiger partial charge in [-0.3, -0.25) is 0 Å². The fourth-order valence-electron chi connectivity index (χ4n) is 1.91. The summed E-state index contributed by atoms with van der Waals surface area (Å²) in [5, 5.41) is 3.17. The van der Waals surface area contributed by atoms with E-state index < -0.39 is 11.7 Å². The van der Waals surface area contributed by atoms with E-state index >= 15 is 0 Å². The van der Waals surface area contributed by atoms with E-state index in [4.69, 9.17) is 5.73 Å². The monoisotopic (exact) mass is 310 g/mol. The number of alkyl halides is 3. The second-order valence-corrected chi connectivity index (χ2v) is 4.84. The van der Waals surface area contributed by atoms with Crippen molar-refractivity contribution in [2.45, 2.75) is 19.5 Å². The molecule has 3 N–H and O–H groups in total. The third-order valence-corrected chi connectivity index (χ3v) is 3.15. The minimum Gasteiger partial charge on any atom is -0.382 e. The van der Waals surface area contributed by atoms with Crippen molar-refractivity contribution in [2.24, 2.45) is 5.73 Å². The Bertz CT molecular complexity index is 624. The average molecular weight is 310 g/mol. The molecule has 0 bridgehead atoms. The van der Waals surface area contributed by atoms with Gasteiger partial charge in [-0.25, -0.2) is 9.97 Å². The second kappa shape index (κ2) is 6.74. The molecule has 1 aromatic heterocycles. The molecular formula is C15H17F3N4. The molecule has 0 fully saturated rings. The van der Waals surface area contributed by atoms with Gasteiger partial charge in [0.1, 0.15) is 0 Å². The Kier molecular flexibility index (Phi) is 4.97. The van der Waals surface area contributed by atoms with Gasteiger partial charge in [0.05, 0.1) is 23.1 Å². The first-order chi connectivity index (χ1) is 10.4. The highest BCUT2D eigenvalue weighted by Crippen LogP contribution is 2.30. The van der Waals surface area contributed by atoms with Crippen LogP contribution in [0.5, 0.6) is 0 Å². The molecule has 22 heavy (non-hydrogen) atoms. The molecule has 0 unspecified atom stereocenters. The third kappa shape index (κ3) is 3.94. The van der Waals surface area contributed by atoms with Gasteiger partial charge in [-0.05, 0) is 32.0 Å². The highest BCUT2D eigenvalue weighted by molar-refractivity contribution is 5.58. The highest BCUT2D eigenvalue weighted by Gasteiger charge is 2.30. The molecule has 0 radical (unpaired) electrons. The van der Waals surface area contributed by atoms with Crippen LogP contribution < -0.4 is 11.1 Å². The number of benzene rings is 1. The molecule has 0 atom stereocenters. The van der Waals surface area contributed by atoms with Crippen molar-refractivity contribution in [1.29, 1.82) is 0 Å². The molecule has 2 rings (SSSR count). The summed E-state index contributed by atoms with van der Waals surface area (Å²) in [6.45, 7) is 3.14. The largest absolute Gasteiger partial charge is 0.416 e. The lowest BCUT2D eigenvalue weighted by molar-refractivity contribution is -0.137. The van der Waals surface area contributed by atoms with Gasteiger partial charge in [-0.1, -0.05) is 12.1 Å². The Hall–Kier alpha value is -2.15. The van der Waals surface area contributed by atoms with Crippen LogP contribution in [0.3, 0.4) is 0 Å². The van der Waals surface area contributed by atoms with Crippen LogP contribution in [0.25, 0.3) is 11.4 Å². The smallest absolute Gasteiger partial charge is 0.382 e. The van der Waals surface area contributed by atoms with Crippen LogP contribution in [-0.4, -0.2) is 23.1 Å². The molecule has 0 aliphatic carbocycles. The van der Waals surface area contributed by atoms with Crippen molar-refractivity contribution in [1.82, 2.24) is 9.97 Å².